The number of sulfonamides is 1. The highest BCUT2D eigenvalue weighted by Crippen LogP contribution is 2.24. The van der Waals surface area contributed by atoms with E-state index in [-0.39, 0.29) is 10.5 Å². The van der Waals surface area contributed by atoms with Gasteiger partial charge in [-0.3, -0.25) is 9.10 Å². The van der Waals surface area contributed by atoms with Crippen LogP contribution in [0.5, 0.6) is 0 Å². The summed E-state index contributed by atoms with van der Waals surface area (Å²) >= 11 is 0. The van der Waals surface area contributed by atoms with Crippen molar-refractivity contribution in [3.8, 4) is 0 Å². The van der Waals surface area contributed by atoms with Crippen LogP contribution in [0.3, 0.4) is 0 Å². The molecule has 0 aliphatic carbocycles. The van der Waals surface area contributed by atoms with E-state index < -0.39 is 28.4 Å². The average Bonchev–Trinajstić information content (AvgIpc) is 2.78. The molecule has 0 spiro atoms. The third-order valence-electron chi connectivity index (χ3n) is 4.77. The molecule has 0 atom stereocenters. The van der Waals surface area contributed by atoms with E-state index >= 15 is 0 Å². The molecule has 3 aromatic carbocycles. The van der Waals surface area contributed by atoms with Gasteiger partial charge in [-0.05, 0) is 49.7 Å². The summed E-state index contributed by atoms with van der Waals surface area (Å²) in [5, 5.41) is 13.0. The number of nitrogens with one attached hydrogen (secondary N) is 1. The number of amides is 1. The lowest BCUT2D eigenvalue weighted by atomic mass is 10.1. The van der Waals surface area contributed by atoms with E-state index in [1.807, 2.05) is 19.9 Å². The zero-order chi connectivity index (χ0) is 24.0. The molecule has 0 saturated carbocycles. The van der Waals surface area contributed by atoms with Crippen LogP contribution in [0.15, 0.2) is 82.8 Å². The Hall–Kier alpha value is -3.98. The Balaban J connectivity index is 1.86. The monoisotopic (exact) mass is 465 g/mol. The van der Waals surface area contributed by atoms with E-state index in [4.69, 9.17) is 0 Å². The van der Waals surface area contributed by atoms with Gasteiger partial charge in [0.05, 0.1) is 22.4 Å². The SMILES string of the molecule is Cc1ccc(S(=O)(=O)N(CC(=O)N/N=C\c2ccccc2C(=O)O)c2cccc(C)c2)cc1. The van der Waals surface area contributed by atoms with Crippen molar-refractivity contribution >= 4 is 33.8 Å². The minimum atomic E-state index is -4.03. The summed E-state index contributed by atoms with van der Waals surface area (Å²) in [5.41, 5.74) is 4.68. The number of carboxylic acid groups (broad SMARTS) is 1. The summed E-state index contributed by atoms with van der Waals surface area (Å²) in [5.74, 6) is -1.81. The Bertz CT molecular complexity index is 1300. The minimum Gasteiger partial charge on any atom is -0.478 e. The van der Waals surface area contributed by atoms with Gasteiger partial charge < -0.3 is 5.11 Å². The molecular weight excluding hydrogens is 442 g/mol. The van der Waals surface area contributed by atoms with Crippen LogP contribution in [0.2, 0.25) is 0 Å². The Morgan fingerprint density at radius 3 is 2.33 bits per heavy atom. The predicted molar refractivity (Wildman–Crippen MR) is 126 cm³/mol. The number of aryl methyl sites for hydroxylation is 2. The van der Waals surface area contributed by atoms with Crippen LogP contribution in [0.1, 0.15) is 27.0 Å². The second kappa shape index (κ2) is 10.1. The zero-order valence-electron chi connectivity index (χ0n) is 18.1. The van der Waals surface area contributed by atoms with Crippen molar-refractivity contribution in [2.75, 3.05) is 10.8 Å². The van der Waals surface area contributed by atoms with Crippen molar-refractivity contribution in [2.24, 2.45) is 5.10 Å². The number of hydrazone groups is 1. The number of carbonyl (C=O) groups is 2. The quantitative estimate of drug-likeness (QED) is 0.391. The number of carboxylic acids is 1. The second-order valence-corrected chi connectivity index (χ2v) is 9.21. The molecule has 1 amide bonds. The maximum absolute atomic E-state index is 13.3. The zero-order valence-corrected chi connectivity index (χ0v) is 18.9. The lowest BCUT2D eigenvalue weighted by Crippen LogP contribution is -2.39. The summed E-state index contributed by atoms with van der Waals surface area (Å²) < 4.78 is 27.7. The number of nitrogens with zero attached hydrogens (tertiary/aromatic N) is 2. The van der Waals surface area contributed by atoms with E-state index in [9.17, 15) is 23.1 Å². The van der Waals surface area contributed by atoms with Crippen LogP contribution in [0, 0.1) is 13.8 Å². The normalized spacial score (nSPS) is 11.3. The fraction of sp³-hybridized carbons (Fsp3) is 0.125. The van der Waals surface area contributed by atoms with E-state index in [1.165, 1.54) is 24.4 Å². The van der Waals surface area contributed by atoms with Gasteiger partial charge in [-0.1, -0.05) is 48.0 Å². The van der Waals surface area contributed by atoms with Crippen LogP contribution >= 0.6 is 0 Å². The first kappa shape index (κ1) is 23.7. The van der Waals surface area contributed by atoms with Crippen molar-refractivity contribution in [1.82, 2.24) is 5.43 Å². The minimum absolute atomic E-state index is 0.0267. The molecule has 0 radical (unpaired) electrons. The van der Waals surface area contributed by atoms with Gasteiger partial charge in [0.1, 0.15) is 6.54 Å². The fourth-order valence-electron chi connectivity index (χ4n) is 3.08. The van der Waals surface area contributed by atoms with Gasteiger partial charge in [0.15, 0.2) is 0 Å². The third-order valence-corrected chi connectivity index (χ3v) is 6.56. The number of hydrogen-bond acceptors (Lipinski definition) is 5. The van der Waals surface area contributed by atoms with Gasteiger partial charge in [-0.15, -0.1) is 0 Å². The number of carbonyl (C=O) groups excluding carboxylic acids is 1. The molecule has 0 fully saturated rings. The lowest BCUT2D eigenvalue weighted by Gasteiger charge is -2.24. The summed E-state index contributed by atoms with van der Waals surface area (Å²) in [7, 11) is -4.03. The molecule has 170 valence electrons. The molecule has 33 heavy (non-hydrogen) atoms. The Morgan fingerprint density at radius 1 is 0.970 bits per heavy atom. The Kier molecular flexibility index (Phi) is 7.24. The van der Waals surface area contributed by atoms with Gasteiger partial charge in [-0.2, -0.15) is 5.10 Å². The Labute approximate surface area is 192 Å². The van der Waals surface area contributed by atoms with Crippen LogP contribution in [-0.2, 0) is 14.8 Å². The molecule has 0 heterocycles. The molecule has 8 nitrogen and oxygen atoms in total. The predicted octanol–water partition coefficient (Wildman–Crippen LogP) is 3.35. The van der Waals surface area contributed by atoms with Gasteiger partial charge in [-0.25, -0.2) is 18.6 Å². The van der Waals surface area contributed by atoms with Crippen LogP contribution < -0.4 is 9.73 Å². The van der Waals surface area contributed by atoms with Crippen molar-refractivity contribution < 1.29 is 23.1 Å². The highest BCUT2D eigenvalue weighted by molar-refractivity contribution is 7.92. The fourth-order valence-corrected chi connectivity index (χ4v) is 4.49. The largest absolute Gasteiger partial charge is 0.478 e. The van der Waals surface area contributed by atoms with Crippen LogP contribution in [0.4, 0.5) is 5.69 Å². The van der Waals surface area contributed by atoms with E-state index in [0.717, 1.165) is 15.4 Å². The smallest absolute Gasteiger partial charge is 0.336 e. The summed E-state index contributed by atoms with van der Waals surface area (Å²) in [6.45, 7) is 3.16. The van der Waals surface area contributed by atoms with Gasteiger partial charge in [0, 0.05) is 5.56 Å². The number of rotatable bonds is 8. The lowest BCUT2D eigenvalue weighted by molar-refractivity contribution is -0.119. The highest BCUT2D eigenvalue weighted by Gasteiger charge is 2.27. The number of benzene rings is 3. The number of aromatic carboxylic acids is 1. The van der Waals surface area contributed by atoms with Crippen molar-refractivity contribution in [3.05, 3.63) is 95.1 Å². The molecule has 0 aliphatic rings. The molecule has 3 aromatic rings. The number of hydrogen-bond donors (Lipinski definition) is 2. The van der Waals surface area contributed by atoms with Crippen molar-refractivity contribution in [3.63, 3.8) is 0 Å². The average molecular weight is 466 g/mol. The van der Waals surface area contributed by atoms with E-state index in [0.29, 0.717) is 11.3 Å². The van der Waals surface area contributed by atoms with Gasteiger partial charge >= 0.3 is 5.97 Å². The number of anilines is 1. The molecular formula is C24H23N3O5S. The second-order valence-electron chi connectivity index (χ2n) is 7.35. The van der Waals surface area contributed by atoms with Crippen LogP contribution in [0.25, 0.3) is 0 Å². The molecule has 0 unspecified atom stereocenters. The van der Waals surface area contributed by atoms with Gasteiger partial charge in [0.25, 0.3) is 15.9 Å². The molecule has 3 rings (SSSR count). The topological polar surface area (TPSA) is 116 Å². The van der Waals surface area contributed by atoms with Crippen molar-refractivity contribution in [1.29, 1.82) is 0 Å². The Morgan fingerprint density at radius 2 is 1.67 bits per heavy atom. The standard InChI is InChI=1S/C24H23N3O5S/c1-17-10-12-21(13-11-17)33(31,32)27(20-8-5-6-18(2)14-20)16-23(28)26-25-15-19-7-3-4-9-22(19)24(29)30/h3-15H,16H2,1-2H3,(H,26,28)(H,29,30)/b25-15-. The maximum Gasteiger partial charge on any atom is 0.336 e. The summed E-state index contributed by atoms with van der Waals surface area (Å²) in [6, 6.07) is 19.3. The molecule has 0 aliphatic heterocycles. The maximum atomic E-state index is 13.3. The molecule has 9 heteroatoms. The van der Waals surface area contributed by atoms with E-state index in [2.05, 4.69) is 10.5 Å². The van der Waals surface area contributed by atoms with E-state index in [1.54, 1.807) is 48.5 Å². The molecule has 2 N–H and O–H groups in total. The first-order valence-corrected chi connectivity index (χ1v) is 11.4. The third kappa shape index (κ3) is 5.83. The van der Waals surface area contributed by atoms with Gasteiger partial charge in [0.2, 0.25) is 0 Å². The highest BCUT2D eigenvalue weighted by atomic mass is 32.2. The first-order chi connectivity index (χ1) is 15.7. The summed E-state index contributed by atoms with van der Waals surface area (Å²) in [4.78, 5) is 24.0. The van der Waals surface area contributed by atoms with Crippen LogP contribution in [-0.4, -0.2) is 38.2 Å². The first-order valence-electron chi connectivity index (χ1n) is 9.99. The molecule has 0 bridgehead atoms. The summed E-state index contributed by atoms with van der Waals surface area (Å²) in [6.07, 6.45) is 1.20. The molecule has 0 aromatic heterocycles. The van der Waals surface area contributed by atoms with Crippen molar-refractivity contribution in [2.45, 2.75) is 18.7 Å². The molecule has 0 saturated heterocycles.